The van der Waals surface area contributed by atoms with Crippen molar-refractivity contribution < 1.29 is 14.0 Å². The topological polar surface area (TPSA) is 38.3 Å². The van der Waals surface area contributed by atoms with E-state index in [0.29, 0.717) is 11.5 Å². The largest absolute Gasteiger partial charge is 0.469 e. The van der Waals surface area contributed by atoms with E-state index in [-0.39, 0.29) is 22.8 Å². The van der Waals surface area contributed by atoms with Crippen LogP contribution in [0.1, 0.15) is 44.1 Å². The number of benzene rings is 1. The molecule has 3 aliphatic heterocycles. The van der Waals surface area contributed by atoms with Crippen molar-refractivity contribution in [1.82, 2.24) is 0 Å². The zero-order valence-electron chi connectivity index (χ0n) is 15.9. The number of carbonyl (C=O) groups excluding carboxylic acids is 1. The van der Waals surface area contributed by atoms with Crippen LogP contribution in [0.5, 0.6) is 0 Å². The van der Waals surface area contributed by atoms with Crippen LogP contribution in [-0.2, 0) is 14.9 Å². The number of ether oxygens (including phenoxy) is 1. The second kappa shape index (κ2) is 4.46. The number of fused-ring (bicyclic) bond motifs is 3. The van der Waals surface area contributed by atoms with Crippen LogP contribution >= 0.6 is 0 Å². The molecule has 3 heterocycles. The van der Waals surface area contributed by atoms with E-state index in [4.69, 9.17) is 4.74 Å². The number of carbonyl (C=O) groups is 1. The summed E-state index contributed by atoms with van der Waals surface area (Å²) < 4.78 is 6.58. The number of methoxy groups -OCH3 is 1. The molecule has 3 aliphatic carbocycles. The molecule has 0 radical (unpaired) electrons. The summed E-state index contributed by atoms with van der Waals surface area (Å²) in [6, 6.07) is 9.56. The van der Waals surface area contributed by atoms with E-state index in [2.05, 4.69) is 36.6 Å². The predicted octanol–water partition coefficient (Wildman–Crippen LogP) is 3.07. The maximum atomic E-state index is 13.0. The van der Waals surface area contributed by atoms with Crippen molar-refractivity contribution in [2.75, 3.05) is 32.6 Å². The van der Waals surface area contributed by atoms with Gasteiger partial charge >= 0.3 is 5.97 Å². The fourth-order valence-corrected chi connectivity index (χ4v) is 8.79. The molecule has 26 heavy (non-hydrogen) atoms. The number of likely N-dealkylation sites (N-methyl/N-ethyl adjacent to an activating group) is 1. The lowest BCUT2D eigenvalue weighted by atomic mass is 9.38. The third-order valence-corrected chi connectivity index (χ3v) is 9.30. The molecule has 6 aliphatic rings. The van der Waals surface area contributed by atoms with E-state index in [1.807, 2.05) is 0 Å². The summed E-state index contributed by atoms with van der Waals surface area (Å²) in [5, 5.41) is 3.96. The number of hydrogen-bond acceptors (Lipinski definition) is 3. The van der Waals surface area contributed by atoms with Gasteiger partial charge < -0.3 is 14.5 Å². The molecule has 3 spiro atoms. The number of anilines is 1. The minimum absolute atomic E-state index is 0.00822. The van der Waals surface area contributed by atoms with Crippen LogP contribution in [0.3, 0.4) is 0 Å². The standard InChI is InChI=1S/C22H29N2O2/c1-24-12-5-8-20-9-10-22(16(14-20)18(25)26-2)21(11-13-24,19(20)24)15-6-3-4-7-17(15)23-22/h3-4,6-7,16,19,23H,5,8-14H2,1-2H3/q+1/t16-,19-,20+,21+,22+,24?/m1/s1. The Hall–Kier alpha value is -1.55. The normalized spacial score (nSPS) is 49.8. The van der Waals surface area contributed by atoms with Crippen LogP contribution in [-0.4, -0.2) is 49.3 Å². The molecule has 5 fully saturated rings. The number of rotatable bonds is 1. The van der Waals surface area contributed by atoms with Gasteiger partial charge in [-0.1, -0.05) is 18.2 Å². The van der Waals surface area contributed by atoms with Crippen molar-refractivity contribution in [3.05, 3.63) is 29.8 Å². The van der Waals surface area contributed by atoms with E-state index in [1.165, 1.54) is 54.5 Å². The van der Waals surface area contributed by atoms with Crippen LogP contribution in [0.15, 0.2) is 24.3 Å². The fraction of sp³-hybridized carbons (Fsp3) is 0.682. The van der Waals surface area contributed by atoms with Gasteiger partial charge in [0.2, 0.25) is 0 Å². The molecular formula is C22H29N2O2+. The molecule has 3 saturated carbocycles. The monoisotopic (exact) mass is 353 g/mol. The number of nitrogens with zero attached hydrogens (tertiary/aromatic N) is 1. The van der Waals surface area contributed by atoms with Crippen LogP contribution in [0.25, 0.3) is 0 Å². The zero-order chi connectivity index (χ0) is 17.8. The van der Waals surface area contributed by atoms with Gasteiger partial charge in [-0.05, 0) is 43.7 Å². The summed E-state index contributed by atoms with van der Waals surface area (Å²) in [5.41, 5.74) is 3.02. The highest BCUT2D eigenvalue weighted by Gasteiger charge is 2.83. The number of hydrogen-bond donors (Lipinski definition) is 1. The van der Waals surface area contributed by atoms with Crippen molar-refractivity contribution in [3.8, 4) is 0 Å². The molecule has 1 aromatic rings. The minimum atomic E-state index is -0.149. The maximum absolute atomic E-state index is 13.0. The molecule has 0 aromatic heterocycles. The van der Waals surface area contributed by atoms with Gasteiger partial charge in [-0.3, -0.25) is 4.79 Å². The lowest BCUT2D eigenvalue weighted by Crippen LogP contribution is -2.79. The van der Waals surface area contributed by atoms with E-state index in [0.717, 1.165) is 12.8 Å². The van der Waals surface area contributed by atoms with Gasteiger partial charge in [-0.15, -0.1) is 0 Å². The van der Waals surface area contributed by atoms with Crippen LogP contribution in [0, 0.1) is 11.3 Å². The molecule has 138 valence electrons. The Morgan fingerprint density at radius 1 is 1.19 bits per heavy atom. The molecule has 1 N–H and O–H groups in total. The van der Waals surface area contributed by atoms with Gasteiger partial charge in [-0.25, -0.2) is 0 Å². The first kappa shape index (κ1) is 15.5. The lowest BCUT2D eigenvalue weighted by molar-refractivity contribution is -0.939. The number of quaternary nitrogens is 1. The Morgan fingerprint density at radius 2 is 2.04 bits per heavy atom. The Morgan fingerprint density at radius 3 is 2.88 bits per heavy atom. The van der Waals surface area contributed by atoms with Gasteiger partial charge in [0.15, 0.2) is 0 Å². The summed E-state index contributed by atoms with van der Waals surface area (Å²) in [5.74, 6) is -0.0107. The minimum Gasteiger partial charge on any atom is -0.469 e. The average molecular weight is 353 g/mol. The summed E-state index contributed by atoms with van der Waals surface area (Å²) in [7, 11) is 4.07. The summed E-state index contributed by atoms with van der Waals surface area (Å²) in [4.78, 5) is 13.0. The Balaban J connectivity index is 1.67. The van der Waals surface area contributed by atoms with E-state index >= 15 is 0 Å². The quantitative estimate of drug-likeness (QED) is 0.623. The van der Waals surface area contributed by atoms with Crippen molar-refractivity contribution in [2.45, 2.75) is 55.5 Å². The maximum Gasteiger partial charge on any atom is 0.311 e. The second-order valence-corrected chi connectivity index (χ2v) is 9.94. The first-order valence-corrected chi connectivity index (χ1v) is 10.3. The van der Waals surface area contributed by atoms with Crippen LogP contribution < -0.4 is 5.32 Å². The highest BCUT2D eigenvalue weighted by Crippen LogP contribution is 2.75. The van der Waals surface area contributed by atoms with Crippen molar-refractivity contribution in [1.29, 1.82) is 0 Å². The summed E-state index contributed by atoms with van der Waals surface area (Å²) in [6.45, 7) is 2.55. The Kier molecular flexibility index (Phi) is 2.66. The van der Waals surface area contributed by atoms with Gasteiger partial charge in [0.1, 0.15) is 6.04 Å². The first-order valence-electron chi connectivity index (χ1n) is 10.3. The molecule has 6 atom stereocenters. The lowest BCUT2D eigenvalue weighted by Gasteiger charge is -2.68. The predicted molar refractivity (Wildman–Crippen MR) is 99.8 cm³/mol. The SMILES string of the molecule is COC(=O)[C@H]1C[C@]23CCC[N+]4(C)CC[C@]5(c6ccccc6N[C@@]15CC2)[C@@H]34. The first-order chi connectivity index (χ1) is 12.5. The summed E-state index contributed by atoms with van der Waals surface area (Å²) in [6.07, 6.45) is 7.19. The molecule has 7 rings (SSSR count). The molecular weight excluding hydrogens is 324 g/mol. The third-order valence-electron chi connectivity index (χ3n) is 9.30. The van der Waals surface area contributed by atoms with Gasteiger partial charge in [0.05, 0.1) is 44.1 Å². The number of nitrogens with one attached hydrogen (secondary N) is 1. The number of esters is 1. The van der Waals surface area contributed by atoms with Crippen molar-refractivity contribution in [3.63, 3.8) is 0 Å². The highest BCUT2D eigenvalue weighted by molar-refractivity contribution is 5.80. The second-order valence-electron chi connectivity index (χ2n) is 9.94. The Labute approximate surface area is 155 Å². The molecule has 1 unspecified atom stereocenters. The fourth-order valence-electron chi connectivity index (χ4n) is 8.79. The molecule has 1 aromatic carbocycles. The number of para-hydroxylation sites is 1. The molecule has 0 amide bonds. The van der Waals surface area contributed by atoms with Gasteiger partial charge in [0.25, 0.3) is 0 Å². The van der Waals surface area contributed by atoms with Crippen molar-refractivity contribution >= 4 is 11.7 Å². The van der Waals surface area contributed by atoms with E-state index < -0.39 is 0 Å². The average Bonchev–Trinajstić information content (AvgIpc) is 3.15. The van der Waals surface area contributed by atoms with Gasteiger partial charge in [0, 0.05) is 17.5 Å². The van der Waals surface area contributed by atoms with E-state index in [9.17, 15) is 4.79 Å². The highest BCUT2D eigenvalue weighted by atomic mass is 16.5. The third kappa shape index (κ3) is 1.38. The summed E-state index contributed by atoms with van der Waals surface area (Å²) >= 11 is 0. The van der Waals surface area contributed by atoms with Gasteiger partial charge in [-0.2, -0.15) is 0 Å². The smallest absolute Gasteiger partial charge is 0.311 e. The van der Waals surface area contributed by atoms with E-state index in [1.54, 1.807) is 7.11 Å². The number of piperidine rings is 1. The zero-order valence-corrected chi connectivity index (χ0v) is 15.9. The molecule has 4 heteroatoms. The van der Waals surface area contributed by atoms with Crippen molar-refractivity contribution in [2.24, 2.45) is 11.3 Å². The van der Waals surface area contributed by atoms with Crippen LogP contribution in [0.2, 0.25) is 0 Å². The molecule has 4 nitrogen and oxygen atoms in total. The molecule has 2 bridgehead atoms. The van der Waals surface area contributed by atoms with Crippen LogP contribution in [0.4, 0.5) is 5.69 Å². The Bertz CT molecular complexity index is 824. The molecule has 2 saturated heterocycles.